The number of aliphatic hydroxyl groups excluding tert-OH is 1. The second kappa shape index (κ2) is 5.95. The van der Waals surface area contributed by atoms with Crippen LogP contribution in [-0.4, -0.2) is 39.3 Å². The summed E-state index contributed by atoms with van der Waals surface area (Å²) >= 11 is 0. The van der Waals surface area contributed by atoms with Gasteiger partial charge in [0.2, 0.25) is 0 Å². The van der Waals surface area contributed by atoms with Crippen molar-refractivity contribution in [3.63, 3.8) is 0 Å². The Morgan fingerprint density at radius 3 is 2.81 bits per heavy atom. The van der Waals surface area contributed by atoms with E-state index in [0.29, 0.717) is 22.6 Å². The minimum absolute atomic E-state index is 0.170. The van der Waals surface area contributed by atoms with Crippen LogP contribution < -0.4 is 4.74 Å². The SMILES string of the molecule is COc1ccc(C#N)cc1-c1ccn(C[C@](C)(O)CO)n1. The van der Waals surface area contributed by atoms with Crippen LogP contribution in [0.3, 0.4) is 0 Å². The van der Waals surface area contributed by atoms with Crippen molar-refractivity contribution in [2.24, 2.45) is 0 Å². The number of methoxy groups -OCH3 is 1. The van der Waals surface area contributed by atoms with Gasteiger partial charge in [0.15, 0.2) is 0 Å². The maximum atomic E-state index is 9.86. The zero-order valence-electron chi connectivity index (χ0n) is 11.9. The van der Waals surface area contributed by atoms with E-state index in [1.165, 1.54) is 6.92 Å². The van der Waals surface area contributed by atoms with E-state index in [-0.39, 0.29) is 13.2 Å². The minimum atomic E-state index is -1.23. The lowest BCUT2D eigenvalue weighted by atomic mass is 10.1. The molecule has 0 aliphatic carbocycles. The Morgan fingerprint density at radius 1 is 1.43 bits per heavy atom. The highest BCUT2D eigenvalue weighted by atomic mass is 16.5. The summed E-state index contributed by atoms with van der Waals surface area (Å²) in [6.07, 6.45) is 1.71. The zero-order chi connectivity index (χ0) is 15.5. The van der Waals surface area contributed by atoms with Crippen LogP contribution in [0.4, 0.5) is 0 Å². The first kappa shape index (κ1) is 15.0. The second-order valence-electron chi connectivity index (χ2n) is 5.08. The smallest absolute Gasteiger partial charge is 0.128 e. The van der Waals surface area contributed by atoms with Gasteiger partial charge >= 0.3 is 0 Å². The largest absolute Gasteiger partial charge is 0.496 e. The molecule has 0 amide bonds. The van der Waals surface area contributed by atoms with Gasteiger partial charge in [-0.1, -0.05) is 0 Å². The fourth-order valence-electron chi connectivity index (χ4n) is 1.97. The monoisotopic (exact) mass is 287 g/mol. The lowest BCUT2D eigenvalue weighted by Gasteiger charge is -2.19. The zero-order valence-corrected chi connectivity index (χ0v) is 11.9. The van der Waals surface area contributed by atoms with Crippen molar-refractivity contribution in [2.45, 2.75) is 19.1 Å². The predicted octanol–water partition coefficient (Wildman–Crippen LogP) is 1.17. The highest BCUT2D eigenvalue weighted by molar-refractivity contribution is 5.68. The van der Waals surface area contributed by atoms with Crippen LogP contribution in [0.5, 0.6) is 5.75 Å². The molecule has 1 heterocycles. The molecular formula is C15H17N3O3. The van der Waals surface area contributed by atoms with Crippen LogP contribution in [0.15, 0.2) is 30.5 Å². The summed E-state index contributed by atoms with van der Waals surface area (Å²) < 4.78 is 6.83. The van der Waals surface area contributed by atoms with Crippen molar-refractivity contribution < 1.29 is 14.9 Å². The Balaban J connectivity index is 2.35. The average molecular weight is 287 g/mol. The van der Waals surface area contributed by atoms with Crippen molar-refractivity contribution in [3.8, 4) is 23.1 Å². The van der Waals surface area contributed by atoms with Crippen LogP contribution in [0.25, 0.3) is 11.3 Å². The molecule has 6 heteroatoms. The Morgan fingerprint density at radius 2 is 2.19 bits per heavy atom. The van der Waals surface area contributed by atoms with Crippen LogP contribution >= 0.6 is 0 Å². The third kappa shape index (κ3) is 3.40. The van der Waals surface area contributed by atoms with Gasteiger partial charge in [0.05, 0.1) is 37.6 Å². The molecule has 0 radical (unpaired) electrons. The molecule has 0 fully saturated rings. The molecule has 21 heavy (non-hydrogen) atoms. The van der Waals surface area contributed by atoms with Crippen LogP contribution in [0.2, 0.25) is 0 Å². The van der Waals surface area contributed by atoms with E-state index < -0.39 is 5.60 Å². The Kier molecular flexibility index (Phi) is 4.26. The van der Waals surface area contributed by atoms with Crippen molar-refractivity contribution in [1.29, 1.82) is 5.26 Å². The third-order valence-corrected chi connectivity index (χ3v) is 3.09. The van der Waals surface area contributed by atoms with Crippen molar-refractivity contribution in [1.82, 2.24) is 9.78 Å². The summed E-state index contributed by atoms with van der Waals surface area (Å²) in [5, 5.41) is 32.3. The highest BCUT2D eigenvalue weighted by Crippen LogP contribution is 2.29. The summed E-state index contributed by atoms with van der Waals surface area (Å²) in [6, 6.07) is 8.95. The molecule has 2 aromatic rings. The fraction of sp³-hybridized carbons (Fsp3) is 0.333. The third-order valence-electron chi connectivity index (χ3n) is 3.09. The molecule has 0 saturated carbocycles. The second-order valence-corrected chi connectivity index (χ2v) is 5.08. The van der Waals surface area contributed by atoms with Crippen LogP contribution in [0, 0.1) is 11.3 Å². The first-order chi connectivity index (χ1) is 9.99. The van der Waals surface area contributed by atoms with Gasteiger partial charge in [-0.2, -0.15) is 10.4 Å². The molecule has 110 valence electrons. The van der Waals surface area contributed by atoms with Gasteiger partial charge in [0.25, 0.3) is 0 Å². The molecule has 0 spiro atoms. The molecular weight excluding hydrogens is 270 g/mol. The van der Waals surface area contributed by atoms with Gasteiger partial charge in [0.1, 0.15) is 11.4 Å². The molecule has 0 saturated heterocycles. The summed E-state index contributed by atoms with van der Waals surface area (Å²) in [4.78, 5) is 0. The van der Waals surface area contributed by atoms with Gasteiger partial charge < -0.3 is 14.9 Å². The normalized spacial score (nSPS) is 13.5. The van der Waals surface area contributed by atoms with E-state index >= 15 is 0 Å². The molecule has 0 aliphatic rings. The average Bonchev–Trinajstić information content (AvgIpc) is 2.94. The molecule has 0 unspecified atom stereocenters. The van der Waals surface area contributed by atoms with Crippen LogP contribution in [0.1, 0.15) is 12.5 Å². The topological polar surface area (TPSA) is 91.3 Å². The summed E-state index contributed by atoms with van der Waals surface area (Å²) in [6.45, 7) is 1.35. The van der Waals surface area contributed by atoms with Crippen molar-refractivity contribution in [2.75, 3.05) is 13.7 Å². The van der Waals surface area contributed by atoms with Crippen LogP contribution in [-0.2, 0) is 6.54 Å². The van der Waals surface area contributed by atoms with E-state index in [2.05, 4.69) is 11.2 Å². The molecule has 1 atom stereocenters. The van der Waals surface area contributed by atoms with Gasteiger partial charge in [0, 0.05) is 11.8 Å². The molecule has 1 aromatic heterocycles. The lowest BCUT2D eigenvalue weighted by Crippen LogP contribution is -2.34. The van der Waals surface area contributed by atoms with Gasteiger partial charge in [-0.05, 0) is 31.2 Å². The number of hydrogen-bond donors (Lipinski definition) is 2. The molecule has 2 N–H and O–H groups in total. The Hall–Kier alpha value is -2.36. The number of nitriles is 1. The molecule has 6 nitrogen and oxygen atoms in total. The number of rotatable bonds is 5. The quantitative estimate of drug-likeness (QED) is 0.861. The van der Waals surface area contributed by atoms with Gasteiger partial charge in [-0.3, -0.25) is 4.68 Å². The van der Waals surface area contributed by atoms with Gasteiger partial charge in [-0.25, -0.2) is 0 Å². The van der Waals surface area contributed by atoms with E-state index in [1.807, 2.05) is 0 Å². The summed E-state index contributed by atoms with van der Waals surface area (Å²) in [5.41, 5.74) is 0.626. The summed E-state index contributed by atoms with van der Waals surface area (Å²) in [7, 11) is 1.55. The van der Waals surface area contributed by atoms with E-state index in [1.54, 1.807) is 42.3 Å². The molecule has 1 aromatic carbocycles. The lowest BCUT2D eigenvalue weighted by molar-refractivity contribution is -0.0145. The maximum Gasteiger partial charge on any atom is 0.128 e. The van der Waals surface area contributed by atoms with E-state index in [9.17, 15) is 5.11 Å². The number of nitrogens with zero attached hydrogens (tertiary/aromatic N) is 3. The number of hydrogen-bond acceptors (Lipinski definition) is 5. The fourth-order valence-corrected chi connectivity index (χ4v) is 1.97. The number of benzene rings is 1. The summed E-state index contributed by atoms with van der Waals surface area (Å²) in [5.74, 6) is 0.619. The predicted molar refractivity (Wildman–Crippen MR) is 76.6 cm³/mol. The first-order valence-electron chi connectivity index (χ1n) is 6.44. The van der Waals surface area contributed by atoms with E-state index in [0.717, 1.165) is 0 Å². The van der Waals surface area contributed by atoms with E-state index in [4.69, 9.17) is 15.1 Å². The Labute approximate surface area is 122 Å². The highest BCUT2D eigenvalue weighted by Gasteiger charge is 2.20. The van der Waals surface area contributed by atoms with Gasteiger partial charge in [-0.15, -0.1) is 0 Å². The van der Waals surface area contributed by atoms with Crippen molar-refractivity contribution >= 4 is 0 Å². The Bertz CT molecular complexity index is 671. The standard InChI is InChI=1S/C15H17N3O3/c1-15(20,10-19)9-18-6-5-13(17-18)12-7-11(8-16)3-4-14(12)21-2/h3-7,19-20H,9-10H2,1-2H3/t15-/m0/s1. The van der Waals surface area contributed by atoms with Crippen molar-refractivity contribution in [3.05, 3.63) is 36.0 Å². The number of aliphatic hydroxyl groups is 2. The molecule has 0 aliphatic heterocycles. The molecule has 0 bridgehead atoms. The minimum Gasteiger partial charge on any atom is -0.496 e. The first-order valence-corrected chi connectivity index (χ1v) is 6.44. The number of ether oxygens (including phenoxy) is 1. The maximum absolute atomic E-state index is 9.86. The molecule has 2 rings (SSSR count). The number of aromatic nitrogens is 2.